The molecule has 2 aromatic rings. The third-order valence-electron chi connectivity index (χ3n) is 4.57. The molecule has 0 heterocycles. The minimum absolute atomic E-state index is 0.851. The number of anilines is 2. The smallest absolute Gasteiger partial charge is 0.0319 e. The van der Waals surface area contributed by atoms with Gasteiger partial charge in [-0.2, -0.15) is 0 Å². The molecule has 124 valence electrons. The summed E-state index contributed by atoms with van der Waals surface area (Å²) >= 11 is 0. The van der Waals surface area contributed by atoms with Crippen molar-refractivity contribution in [1.82, 2.24) is 0 Å². The molecule has 0 saturated carbocycles. The molecule has 2 rings (SSSR count). The number of benzene rings is 2. The summed E-state index contributed by atoms with van der Waals surface area (Å²) in [5.41, 5.74) is 22.1. The van der Waals surface area contributed by atoms with Gasteiger partial charge >= 0.3 is 0 Å². The van der Waals surface area contributed by atoms with E-state index >= 15 is 0 Å². The van der Waals surface area contributed by atoms with Crippen LogP contribution in [0.2, 0.25) is 0 Å². The topological polar surface area (TPSA) is 52.0 Å². The fraction of sp³-hybridized carbons (Fsp3) is 0.429. The first-order chi connectivity index (χ1) is 11.0. The molecular formula is C21H30N2. The minimum Gasteiger partial charge on any atom is -0.399 e. The van der Waals surface area contributed by atoms with Crippen molar-refractivity contribution >= 4 is 11.4 Å². The van der Waals surface area contributed by atoms with Gasteiger partial charge in [0.05, 0.1) is 0 Å². The highest BCUT2D eigenvalue weighted by molar-refractivity contribution is 5.54. The molecule has 0 aliphatic carbocycles. The van der Waals surface area contributed by atoms with Gasteiger partial charge < -0.3 is 11.5 Å². The monoisotopic (exact) mass is 310 g/mol. The molecule has 2 heteroatoms. The Labute approximate surface area is 140 Å². The van der Waals surface area contributed by atoms with Crippen LogP contribution in [0.1, 0.15) is 60.1 Å². The van der Waals surface area contributed by atoms with Crippen LogP contribution in [-0.4, -0.2) is 0 Å². The third-order valence-corrected chi connectivity index (χ3v) is 4.57. The van der Waals surface area contributed by atoms with Crippen molar-refractivity contribution in [3.63, 3.8) is 0 Å². The van der Waals surface area contributed by atoms with E-state index in [-0.39, 0.29) is 0 Å². The molecule has 0 atom stereocenters. The van der Waals surface area contributed by atoms with E-state index in [1.54, 1.807) is 0 Å². The normalized spacial score (nSPS) is 11.0. The first-order valence-corrected chi connectivity index (χ1v) is 8.72. The van der Waals surface area contributed by atoms with Crippen molar-refractivity contribution in [3.8, 4) is 0 Å². The number of nitrogen functional groups attached to an aromatic ring is 2. The Kier molecular flexibility index (Phi) is 5.70. The predicted octanol–water partition coefficient (Wildman–Crippen LogP) is 4.96. The van der Waals surface area contributed by atoms with Crippen LogP contribution in [-0.2, 0) is 19.3 Å². The lowest BCUT2D eigenvalue weighted by atomic mass is 9.87. The number of aryl methyl sites for hydroxylation is 4. The molecule has 0 spiro atoms. The highest BCUT2D eigenvalue weighted by Crippen LogP contribution is 2.28. The average Bonchev–Trinajstić information content (AvgIpc) is 2.45. The van der Waals surface area contributed by atoms with Gasteiger partial charge in [-0.15, -0.1) is 0 Å². The number of hydrogen-bond donors (Lipinski definition) is 2. The largest absolute Gasteiger partial charge is 0.399 e. The van der Waals surface area contributed by atoms with Crippen LogP contribution in [0.25, 0.3) is 0 Å². The molecule has 0 aromatic heterocycles. The summed E-state index contributed by atoms with van der Waals surface area (Å²) in [6.45, 7) is 8.78. The zero-order valence-corrected chi connectivity index (χ0v) is 15.0. The van der Waals surface area contributed by atoms with Crippen molar-refractivity contribution in [2.45, 2.75) is 59.8 Å². The van der Waals surface area contributed by atoms with Crippen LogP contribution < -0.4 is 11.5 Å². The molecule has 0 fully saturated rings. The van der Waals surface area contributed by atoms with E-state index in [0.29, 0.717) is 0 Å². The van der Waals surface area contributed by atoms with Crippen molar-refractivity contribution < 1.29 is 0 Å². The summed E-state index contributed by atoms with van der Waals surface area (Å²) in [5, 5.41) is 0. The van der Waals surface area contributed by atoms with Crippen LogP contribution in [0.5, 0.6) is 0 Å². The Morgan fingerprint density at radius 2 is 1.13 bits per heavy atom. The third kappa shape index (κ3) is 4.07. The maximum absolute atomic E-state index is 6.15. The van der Waals surface area contributed by atoms with E-state index < -0.39 is 0 Å². The van der Waals surface area contributed by atoms with Crippen molar-refractivity contribution in [1.29, 1.82) is 0 Å². The van der Waals surface area contributed by atoms with Crippen LogP contribution in [0.3, 0.4) is 0 Å². The molecule has 23 heavy (non-hydrogen) atoms. The summed E-state index contributed by atoms with van der Waals surface area (Å²) in [4.78, 5) is 0. The molecule has 0 amide bonds. The van der Waals surface area contributed by atoms with Crippen LogP contribution in [0, 0.1) is 13.8 Å². The predicted molar refractivity (Wildman–Crippen MR) is 102 cm³/mol. The SMILES string of the molecule is CCCc1cc(N)cc(CCC)c1Cc1c(C)cc(N)cc1C. The molecule has 2 aromatic carbocycles. The molecule has 0 saturated heterocycles. The average molecular weight is 310 g/mol. The van der Waals surface area contributed by atoms with E-state index in [0.717, 1.165) is 43.5 Å². The summed E-state index contributed by atoms with van der Waals surface area (Å²) in [5.74, 6) is 0. The van der Waals surface area contributed by atoms with Gasteiger partial charge in [-0.05, 0) is 90.8 Å². The van der Waals surface area contributed by atoms with Gasteiger partial charge in [-0.3, -0.25) is 0 Å². The highest BCUT2D eigenvalue weighted by Gasteiger charge is 2.13. The van der Waals surface area contributed by atoms with E-state index in [9.17, 15) is 0 Å². The van der Waals surface area contributed by atoms with Gasteiger partial charge in [0.15, 0.2) is 0 Å². The Morgan fingerprint density at radius 3 is 1.57 bits per heavy atom. The highest BCUT2D eigenvalue weighted by atomic mass is 14.5. The van der Waals surface area contributed by atoms with Gasteiger partial charge in [0, 0.05) is 11.4 Å². The van der Waals surface area contributed by atoms with E-state index in [4.69, 9.17) is 11.5 Å². The summed E-state index contributed by atoms with van der Waals surface area (Å²) in [6.07, 6.45) is 5.43. The second-order valence-corrected chi connectivity index (χ2v) is 6.63. The van der Waals surface area contributed by atoms with Gasteiger partial charge in [-0.25, -0.2) is 0 Å². The molecule has 0 aliphatic rings. The fourth-order valence-corrected chi connectivity index (χ4v) is 3.52. The maximum Gasteiger partial charge on any atom is 0.0319 e. The minimum atomic E-state index is 0.851. The molecule has 0 unspecified atom stereocenters. The first kappa shape index (κ1) is 17.4. The summed E-state index contributed by atoms with van der Waals surface area (Å²) in [7, 11) is 0. The lowest BCUT2D eigenvalue weighted by Crippen LogP contribution is -2.06. The van der Waals surface area contributed by atoms with Crippen molar-refractivity contribution in [2.24, 2.45) is 0 Å². The zero-order valence-electron chi connectivity index (χ0n) is 15.0. The second kappa shape index (κ2) is 7.54. The van der Waals surface area contributed by atoms with Gasteiger partial charge in [-0.1, -0.05) is 26.7 Å². The zero-order chi connectivity index (χ0) is 17.0. The number of hydrogen-bond acceptors (Lipinski definition) is 2. The standard InChI is InChI=1S/C21H30N2/c1-5-7-16-11-19(23)12-17(8-6-2)21(16)13-20-14(3)9-18(22)10-15(20)4/h9-12H,5-8,13,22-23H2,1-4H3. The number of rotatable bonds is 6. The van der Waals surface area contributed by atoms with Crippen LogP contribution in [0.4, 0.5) is 11.4 Å². The summed E-state index contributed by atoms with van der Waals surface area (Å²) < 4.78 is 0. The van der Waals surface area contributed by atoms with E-state index in [1.165, 1.54) is 33.4 Å². The molecule has 4 N–H and O–H groups in total. The van der Waals surface area contributed by atoms with Gasteiger partial charge in [0.25, 0.3) is 0 Å². The Morgan fingerprint density at radius 1 is 0.696 bits per heavy atom. The second-order valence-electron chi connectivity index (χ2n) is 6.63. The lowest BCUT2D eigenvalue weighted by Gasteiger charge is -2.19. The number of nitrogens with two attached hydrogens (primary N) is 2. The molecule has 2 nitrogen and oxygen atoms in total. The van der Waals surface area contributed by atoms with Crippen molar-refractivity contribution in [2.75, 3.05) is 11.5 Å². The van der Waals surface area contributed by atoms with Crippen LogP contribution in [0.15, 0.2) is 24.3 Å². The summed E-state index contributed by atoms with van der Waals surface area (Å²) in [6, 6.07) is 8.50. The fourth-order valence-electron chi connectivity index (χ4n) is 3.52. The van der Waals surface area contributed by atoms with Gasteiger partial charge in [0.1, 0.15) is 0 Å². The van der Waals surface area contributed by atoms with E-state index in [1.807, 2.05) is 0 Å². The quantitative estimate of drug-likeness (QED) is 0.741. The Bertz CT molecular complexity index is 636. The Balaban J connectivity index is 2.53. The molecule has 0 aliphatic heterocycles. The molecule has 0 bridgehead atoms. The van der Waals surface area contributed by atoms with Crippen molar-refractivity contribution in [3.05, 3.63) is 57.6 Å². The maximum atomic E-state index is 6.15. The van der Waals surface area contributed by atoms with Gasteiger partial charge in [0.2, 0.25) is 0 Å². The first-order valence-electron chi connectivity index (χ1n) is 8.72. The molecular weight excluding hydrogens is 280 g/mol. The van der Waals surface area contributed by atoms with Crippen LogP contribution >= 0.6 is 0 Å². The Hall–Kier alpha value is -1.96. The molecule has 0 radical (unpaired) electrons. The lowest BCUT2D eigenvalue weighted by molar-refractivity contribution is 0.865. The van der Waals surface area contributed by atoms with E-state index in [2.05, 4.69) is 52.0 Å².